The van der Waals surface area contributed by atoms with Crippen molar-refractivity contribution in [2.75, 3.05) is 0 Å². The van der Waals surface area contributed by atoms with E-state index in [2.05, 4.69) is 69.4 Å². The maximum atomic E-state index is 13.8. The molecule has 3 aromatic rings. The number of nitrogens with one attached hydrogen (secondary N) is 1. The van der Waals surface area contributed by atoms with Gasteiger partial charge >= 0.3 is 0 Å². The molecule has 1 N–H and O–H groups in total. The van der Waals surface area contributed by atoms with Crippen LogP contribution < -0.4 is 5.32 Å². The Labute approximate surface area is 223 Å². The van der Waals surface area contributed by atoms with Gasteiger partial charge in [-0.1, -0.05) is 105 Å². The van der Waals surface area contributed by atoms with Gasteiger partial charge in [-0.15, -0.1) is 0 Å². The largest absolute Gasteiger partial charge is 0.352 e. The van der Waals surface area contributed by atoms with Crippen molar-refractivity contribution in [1.29, 1.82) is 0 Å². The molecule has 0 aliphatic rings. The van der Waals surface area contributed by atoms with Crippen molar-refractivity contribution in [3.63, 3.8) is 0 Å². The zero-order valence-corrected chi connectivity index (χ0v) is 23.0. The monoisotopic (exact) mass is 498 g/mol. The summed E-state index contributed by atoms with van der Waals surface area (Å²) in [6.07, 6.45) is 2.31. The van der Waals surface area contributed by atoms with Gasteiger partial charge < -0.3 is 10.2 Å². The van der Waals surface area contributed by atoms with Gasteiger partial charge in [0, 0.05) is 25.4 Å². The summed E-state index contributed by atoms with van der Waals surface area (Å²) in [6, 6.07) is 26.2. The Kier molecular flexibility index (Phi) is 10.5. The van der Waals surface area contributed by atoms with E-state index in [0.29, 0.717) is 31.7 Å². The van der Waals surface area contributed by atoms with Crippen molar-refractivity contribution in [2.24, 2.45) is 0 Å². The van der Waals surface area contributed by atoms with Gasteiger partial charge in [-0.3, -0.25) is 9.59 Å². The normalized spacial score (nSPS) is 12.7. The summed E-state index contributed by atoms with van der Waals surface area (Å²) in [4.78, 5) is 29.2. The maximum Gasteiger partial charge on any atom is 0.243 e. The quantitative estimate of drug-likeness (QED) is 0.306. The maximum absolute atomic E-state index is 13.8. The summed E-state index contributed by atoms with van der Waals surface area (Å²) >= 11 is 0. The zero-order chi connectivity index (χ0) is 26.8. The predicted octanol–water partition coefficient (Wildman–Crippen LogP) is 6.61. The fraction of sp³-hybridized carbons (Fsp3) is 0.394. The molecule has 0 bridgehead atoms. The molecule has 0 aliphatic heterocycles. The number of carbonyl (C=O) groups is 2. The van der Waals surface area contributed by atoms with Crippen LogP contribution in [0.5, 0.6) is 0 Å². The molecule has 4 nitrogen and oxygen atoms in total. The fourth-order valence-electron chi connectivity index (χ4n) is 4.35. The van der Waals surface area contributed by atoms with E-state index >= 15 is 0 Å². The Hall–Kier alpha value is -3.40. The number of amides is 2. The van der Waals surface area contributed by atoms with Crippen molar-refractivity contribution in [1.82, 2.24) is 10.2 Å². The smallest absolute Gasteiger partial charge is 0.243 e. The first-order valence-electron chi connectivity index (χ1n) is 13.5. The van der Waals surface area contributed by atoms with E-state index < -0.39 is 6.04 Å². The summed E-state index contributed by atoms with van der Waals surface area (Å²) in [7, 11) is 0. The summed E-state index contributed by atoms with van der Waals surface area (Å²) < 4.78 is 0. The van der Waals surface area contributed by atoms with Gasteiger partial charge in [-0.05, 0) is 54.9 Å². The molecule has 2 amide bonds. The van der Waals surface area contributed by atoms with Crippen LogP contribution in [0.1, 0.15) is 74.3 Å². The molecule has 0 heterocycles. The second-order valence-corrected chi connectivity index (χ2v) is 10.4. The minimum Gasteiger partial charge on any atom is -0.352 e. The van der Waals surface area contributed by atoms with Crippen molar-refractivity contribution in [3.8, 4) is 0 Å². The number of nitrogens with zero attached hydrogens (tertiary/aromatic N) is 1. The molecule has 0 radical (unpaired) electrons. The number of aryl methyl sites for hydroxylation is 2. The number of carbonyl (C=O) groups excluding carboxylic acids is 2. The predicted molar refractivity (Wildman–Crippen MR) is 152 cm³/mol. The first-order chi connectivity index (χ1) is 17.8. The molecule has 4 heteroatoms. The molecule has 37 heavy (non-hydrogen) atoms. The van der Waals surface area contributed by atoms with E-state index in [1.54, 1.807) is 4.90 Å². The van der Waals surface area contributed by atoms with Crippen LogP contribution in [-0.2, 0) is 29.0 Å². The molecule has 196 valence electrons. The Morgan fingerprint density at radius 1 is 0.811 bits per heavy atom. The minimum atomic E-state index is -0.589. The van der Waals surface area contributed by atoms with Crippen molar-refractivity contribution in [3.05, 3.63) is 107 Å². The number of hydrogen-bond donors (Lipinski definition) is 1. The Morgan fingerprint density at radius 3 is 2.03 bits per heavy atom. The van der Waals surface area contributed by atoms with Gasteiger partial charge in [0.25, 0.3) is 0 Å². The van der Waals surface area contributed by atoms with Crippen molar-refractivity contribution >= 4 is 11.8 Å². The molecule has 0 spiro atoms. The van der Waals surface area contributed by atoms with E-state index in [9.17, 15) is 9.59 Å². The van der Waals surface area contributed by atoms with E-state index in [-0.39, 0.29) is 17.9 Å². The Bertz CT molecular complexity index is 1120. The van der Waals surface area contributed by atoms with Crippen LogP contribution in [-0.4, -0.2) is 28.8 Å². The number of rotatable bonds is 12. The highest BCUT2D eigenvalue weighted by molar-refractivity contribution is 5.88. The SMILES string of the molecule is CC[C@H](C)NC(=O)[C@@H](Cc1ccccc1)N(Cc1ccc(C)cc1)C(=O)CCc1ccc(C(C)C)cc1. The van der Waals surface area contributed by atoms with Crippen LogP contribution in [0.25, 0.3) is 0 Å². The van der Waals surface area contributed by atoms with E-state index in [1.165, 1.54) is 11.1 Å². The second kappa shape index (κ2) is 13.8. The van der Waals surface area contributed by atoms with Crippen LogP contribution >= 0.6 is 0 Å². The van der Waals surface area contributed by atoms with Gasteiger partial charge in [0.2, 0.25) is 11.8 Å². The van der Waals surface area contributed by atoms with Crippen molar-refractivity contribution < 1.29 is 9.59 Å². The highest BCUT2D eigenvalue weighted by Crippen LogP contribution is 2.19. The fourth-order valence-corrected chi connectivity index (χ4v) is 4.35. The molecule has 0 unspecified atom stereocenters. The zero-order valence-electron chi connectivity index (χ0n) is 23.0. The van der Waals surface area contributed by atoms with Gasteiger partial charge in [-0.2, -0.15) is 0 Å². The average Bonchev–Trinajstić information content (AvgIpc) is 2.91. The molecule has 0 aliphatic carbocycles. The lowest BCUT2D eigenvalue weighted by Gasteiger charge is -2.32. The van der Waals surface area contributed by atoms with E-state index in [4.69, 9.17) is 0 Å². The highest BCUT2D eigenvalue weighted by atomic mass is 16.2. The first kappa shape index (κ1) is 28.2. The second-order valence-electron chi connectivity index (χ2n) is 10.4. The topological polar surface area (TPSA) is 49.4 Å². The molecule has 3 rings (SSSR count). The molecular weight excluding hydrogens is 456 g/mol. The summed E-state index contributed by atoms with van der Waals surface area (Å²) in [5, 5.41) is 3.14. The van der Waals surface area contributed by atoms with Gasteiger partial charge in [-0.25, -0.2) is 0 Å². The van der Waals surface area contributed by atoms with Crippen molar-refractivity contribution in [2.45, 2.75) is 84.8 Å². The van der Waals surface area contributed by atoms with E-state index in [0.717, 1.165) is 23.1 Å². The Morgan fingerprint density at radius 2 is 1.43 bits per heavy atom. The van der Waals surface area contributed by atoms with E-state index in [1.807, 2.05) is 49.4 Å². The van der Waals surface area contributed by atoms with Crippen LogP contribution in [0.4, 0.5) is 0 Å². The average molecular weight is 499 g/mol. The van der Waals surface area contributed by atoms with Crippen LogP contribution in [0.2, 0.25) is 0 Å². The minimum absolute atomic E-state index is 0.00579. The summed E-state index contributed by atoms with van der Waals surface area (Å²) in [5.74, 6) is 0.372. The third-order valence-corrected chi connectivity index (χ3v) is 7.02. The third-order valence-electron chi connectivity index (χ3n) is 7.02. The molecule has 0 saturated carbocycles. The molecule has 3 aromatic carbocycles. The number of hydrogen-bond acceptors (Lipinski definition) is 2. The van der Waals surface area contributed by atoms with Gasteiger partial charge in [0.05, 0.1) is 0 Å². The summed E-state index contributed by atoms with van der Waals surface area (Å²) in [5.41, 5.74) is 5.66. The molecule has 2 atom stereocenters. The third kappa shape index (κ3) is 8.59. The lowest BCUT2D eigenvalue weighted by molar-refractivity contribution is -0.141. The molecular formula is C33H42N2O2. The summed E-state index contributed by atoms with van der Waals surface area (Å²) in [6.45, 7) is 10.9. The van der Waals surface area contributed by atoms with Gasteiger partial charge in [0.1, 0.15) is 6.04 Å². The van der Waals surface area contributed by atoms with Gasteiger partial charge in [0.15, 0.2) is 0 Å². The van der Waals surface area contributed by atoms with Crippen LogP contribution in [0.3, 0.4) is 0 Å². The Balaban J connectivity index is 1.88. The standard InChI is InChI=1S/C33H42N2O2/c1-6-26(5)34-33(37)31(22-28-10-8-7-9-11-28)35(23-29-14-12-25(4)13-15-29)32(36)21-18-27-16-19-30(20-17-27)24(2)3/h7-17,19-20,24,26,31H,6,18,21-23H2,1-5H3,(H,34,37)/t26-,31+/m0/s1. The lowest BCUT2D eigenvalue weighted by atomic mass is 9.99. The first-order valence-corrected chi connectivity index (χ1v) is 13.5. The highest BCUT2D eigenvalue weighted by Gasteiger charge is 2.30. The van der Waals surface area contributed by atoms with Crippen LogP contribution in [0.15, 0.2) is 78.9 Å². The lowest BCUT2D eigenvalue weighted by Crippen LogP contribution is -2.52. The van der Waals surface area contributed by atoms with Crippen LogP contribution in [0, 0.1) is 6.92 Å². The molecule has 0 fully saturated rings. The number of benzene rings is 3. The molecule has 0 saturated heterocycles. The molecule has 0 aromatic heterocycles.